The first-order chi connectivity index (χ1) is 10.0. The van der Waals surface area contributed by atoms with Gasteiger partial charge in [-0.2, -0.15) is 0 Å². The number of rotatable bonds is 3. The van der Waals surface area contributed by atoms with E-state index in [1.807, 2.05) is 4.90 Å². The van der Waals surface area contributed by atoms with Crippen LogP contribution < -0.4 is 5.32 Å². The molecule has 128 valence electrons. The number of piperidine rings is 1. The Morgan fingerprint density at radius 1 is 1.14 bits per heavy atom. The van der Waals surface area contributed by atoms with E-state index in [9.17, 15) is 13.2 Å². The van der Waals surface area contributed by atoms with Crippen molar-refractivity contribution >= 4 is 28.3 Å². The Labute approximate surface area is 139 Å². The minimum atomic E-state index is -3.08. The normalized spacial score (nSPS) is 27.0. The Morgan fingerprint density at radius 3 is 2.41 bits per heavy atom. The second-order valence-corrected chi connectivity index (χ2v) is 8.71. The van der Waals surface area contributed by atoms with E-state index >= 15 is 0 Å². The maximum absolute atomic E-state index is 12.3. The molecular weight excluding hydrogens is 326 g/mol. The van der Waals surface area contributed by atoms with Crippen LogP contribution in [-0.2, 0) is 14.8 Å². The van der Waals surface area contributed by atoms with Crippen molar-refractivity contribution in [3.05, 3.63) is 0 Å². The van der Waals surface area contributed by atoms with Gasteiger partial charge in [0.05, 0.1) is 5.75 Å². The zero-order valence-corrected chi connectivity index (χ0v) is 14.6. The minimum Gasteiger partial charge on any atom is -0.343 e. The predicted molar refractivity (Wildman–Crippen MR) is 87.6 cm³/mol. The molecule has 0 aliphatic carbocycles. The van der Waals surface area contributed by atoms with Gasteiger partial charge in [0.2, 0.25) is 15.9 Å². The molecule has 1 spiro atoms. The molecule has 0 aromatic rings. The molecule has 3 aliphatic rings. The summed E-state index contributed by atoms with van der Waals surface area (Å²) >= 11 is 0. The molecule has 3 rings (SSSR count). The predicted octanol–water partition coefficient (Wildman–Crippen LogP) is 0.436. The molecule has 22 heavy (non-hydrogen) atoms. The van der Waals surface area contributed by atoms with Gasteiger partial charge in [0, 0.05) is 39.1 Å². The number of nitrogens with zero attached hydrogens (tertiary/aromatic N) is 2. The Morgan fingerprint density at radius 2 is 1.86 bits per heavy atom. The van der Waals surface area contributed by atoms with Gasteiger partial charge in [0.25, 0.3) is 0 Å². The molecule has 8 heteroatoms. The second-order valence-electron chi connectivity index (χ2n) is 6.63. The number of carbonyl (C=O) groups is 1. The average molecular weight is 352 g/mol. The summed E-state index contributed by atoms with van der Waals surface area (Å²) in [6.07, 6.45) is 4.39. The minimum absolute atomic E-state index is 0. The van der Waals surface area contributed by atoms with Gasteiger partial charge in [0.1, 0.15) is 0 Å². The lowest BCUT2D eigenvalue weighted by atomic mass is 9.78. The van der Waals surface area contributed by atoms with Crippen LogP contribution in [0, 0.1) is 5.41 Å². The van der Waals surface area contributed by atoms with Gasteiger partial charge >= 0.3 is 0 Å². The van der Waals surface area contributed by atoms with Crippen molar-refractivity contribution in [1.29, 1.82) is 0 Å². The van der Waals surface area contributed by atoms with Crippen LogP contribution in [0.3, 0.4) is 0 Å². The quantitative estimate of drug-likeness (QED) is 0.801. The summed E-state index contributed by atoms with van der Waals surface area (Å²) in [6, 6.07) is 0. The van der Waals surface area contributed by atoms with E-state index in [2.05, 4.69) is 5.32 Å². The zero-order chi connectivity index (χ0) is 14.9. The largest absolute Gasteiger partial charge is 0.343 e. The molecule has 1 N–H and O–H groups in total. The Bertz CT molecular complexity index is 495. The number of hydrogen-bond acceptors (Lipinski definition) is 4. The van der Waals surface area contributed by atoms with Crippen molar-refractivity contribution in [2.24, 2.45) is 5.41 Å². The monoisotopic (exact) mass is 351 g/mol. The molecule has 0 radical (unpaired) electrons. The molecule has 0 aromatic carbocycles. The molecule has 3 saturated heterocycles. The lowest BCUT2D eigenvalue weighted by Gasteiger charge is -2.39. The second kappa shape index (κ2) is 7.03. The summed E-state index contributed by atoms with van der Waals surface area (Å²) < 4.78 is 24.9. The molecular formula is C14H26ClN3O3S. The number of carbonyl (C=O) groups excluding carboxylic acids is 1. The Hall–Kier alpha value is -0.370. The molecule has 3 aliphatic heterocycles. The zero-order valence-electron chi connectivity index (χ0n) is 12.9. The summed E-state index contributed by atoms with van der Waals surface area (Å²) in [5.41, 5.74) is 0.412. The van der Waals surface area contributed by atoms with Crippen LogP contribution in [0.25, 0.3) is 0 Å². The molecule has 0 atom stereocenters. The van der Waals surface area contributed by atoms with E-state index in [0.717, 1.165) is 39.0 Å². The molecule has 3 heterocycles. The molecule has 0 unspecified atom stereocenters. The van der Waals surface area contributed by atoms with Crippen molar-refractivity contribution in [2.45, 2.75) is 32.1 Å². The van der Waals surface area contributed by atoms with Crippen molar-refractivity contribution in [3.63, 3.8) is 0 Å². The van der Waals surface area contributed by atoms with Crippen LogP contribution in [-0.4, -0.2) is 68.6 Å². The highest BCUT2D eigenvalue weighted by molar-refractivity contribution is 7.89. The topological polar surface area (TPSA) is 69.7 Å². The van der Waals surface area contributed by atoms with E-state index in [0.29, 0.717) is 31.3 Å². The van der Waals surface area contributed by atoms with Crippen LogP contribution in [0.5, 0.6) is 0 Å². The SMILES string of the molecule is Cl.O=C(CCN1CCCS1(=O)=O)N1CCC2(CCNC2)CC1. The summed E-state index contributed by atoms with van der Waals surface area (Å²) in [7, 11) is -3.08. The molecule has 0 aromatic heterocycles. The highest BCUT2D eigenvalue weighted by Gasteiger charge is 2.38. The Balaban J connectivity index is 0.00000176. The number of nitrogens with one attached hydrogen (secondary N) is 1. The van der Waals surface area contributed by atoms with Crippen molar-refractivity contribution in [2.75, 3.05) is 45.0 Å². The number of amides is 1. The van der Waals surface area contributed by atoms with E-state index in [-0.39, 0.29) is 24.1 Å². The lowest BCUT2D eigenvalue weighted by molar-refractivity contribution is -0.133. The highest BCUT2D eigenvalue weighted by Crippen LogP contribution is 2.36. The number of halogens is 1. The average Bonchev–Trinajstić information content (AvgIpc) is 3.04. The Kier molecular flexibility index (Phi) is 5.74. The number of likely N-dealkylation sites (tertiary alicyclic amines) is 1. The molecule has 0 bridgehead atoms. The summed E-state index contributed by atoms with van der Waals surface area (Å²) in [6.45, 7) is 4.76. The number of sulfonamides is 1. The van der Waals surface area contributed by atoms with Crippen LogP contribution in [0.2, 0.25) is 0 Å². The lowest BCUT2D eigenvalue weighted by Crippen LogP contribution is -2.44. The van der Waals surface area contributed by atoms with Gasteiger partial charge in [-0.15, -0.1) is 12.4 Å². The molecule has 1 amide bonds. The van der Waals surface area contributed by atoms with Crippen LogP contribution in [0.15, 0.2) is 0 Å². The summed E-state index contributed by atoms with van der Waals surface area (Å²) in [5, 5.41) is 3.42. The summed E-state index contributed by atoms with van der Waals surface area (Å²) in [5.74, 6) is 0.346. The molecule has 3 fully saturated rings. The van der Waals surface area contributed by atoms with E-state index < -0.39 is 10.0 Å². The summed E-state index contributed by atoms with van der Waals surface area (Å²) in [4.78, 5) is 14.2. The van der Waals surface area contributed by atoms with E-state index in [4.69, 9.17) is 0 Å². The van der Waals surface area contributed by atoms with E-state index in [1.165, 1.54) is 10.7 Å². The van der Waals surface area contributed by atoms with Crippen molar-refractivity contribution in [3.8, 4) is 0 Å². The third kappa shape index (κ3) is 3.75. The maximum Gasteiger partial charge on any atom is 0.223 e. The fourth-order valence-electron chi connectivity index (χ4n) is 3.77. The first kappa shape index (κ1) is 18.0. The maximum atomic E-state index is 12.3. The van der Waals surface area contributed by atoms with E-state index in [1.54, 1.807) is 0 Å². The van der Waals surface area contributed by atoms with Gasteiger partial charge < -0.3 is 10.2 Å². The fraction of sp³-hybridized carbons (Fsp3) is 0.929. The van der Waals surface area contributed by atoms with Gasteiger partial charge in [-0.3, -0.25) is 4.79 Å². The fourth-order valence-corrected chi connectivity index (χ4v) is 5.30. The first-order valence-corrected chi connectivity index (χ1v) is 9.58. The van der Waals surface area contributed by atoms with Gasteiger partial charge in [0.15, 0.2) is 0 Å². The standard InChI is InChI=1S/C14H25N3O3S.ClH/c18-13(2-8-17-7-1-11-21(17,19)20)16-9-4-14(5-10-16)3-6-15-12-14;/h15H,1-12H2;1H. The third-order valence-electron chi connectivity index (χ3n) is 5.29. The van der Waals surface area contributed by atoms with Crippen molar-refractivity contribution in [1.82, 2.24) is 14.5 Å². The van der Waals surface area contributed by atoms with Gasteiger partial charge in [-0.05, 0) is 37.6 Å². The van der Waals surface area contributed by atoms with Gasteiger partial charge in [-0.25, -0.2) is 12.7 Å². The number of hydrogen-bond donors (Lipinski definition) is 1. The molecule has 0 saturated carbocycles. The van der Waals surface area contributed by atoms with Crippen molar-refractivity contribution < 1.29 is 13.2 Å². The third-order valence-corrected chi connectivity index (χ3v) is 7.24. The molecule has 6 nitrogen and oxygen atoms in total. The van der Waals surface area contributed by atoms with Crippen LogP contribution in [0.1, 0.15) is 32.1 Å². The first-order valence-electron chi connectivity index (χ1n) is 7.97. The van der Waals surface area contributed by atoms with Gasteiger partial charge in [-0.1, -0.05) is 0 Å². The highest BCUT2D eigenvalue weighted by atomic mass is 35.5. The van der Waals surface area contributed by atoms with Crippen LogP contribution >= 0.6 is 12.4 Å². The van der Waals surface area contributed by atoms with Crippen LogP contribution in [0.4, 0.5) is 0 Å². The smallest absolute Gasteiger partial charge is 0.223 e.